The summed E-state index contributed by atoms with van der Waals surface area (Å²) in [6.45, 7) is 3.64. The molecule has 0 fully saturated rings. The SMILES string of the molecule is CCCCCCCCCCCCCCCC(=O)OCC(COP(=O)([O-])OCCS)OC(=O)CCCCCCCCCCCCCCC. The molecule has 0 saturated carbocycles. The van der Waals surface area contributed by atoms with Crippen molar-refractivity contribution >= 4 is 32.4 Å². The molecule has 0 aromatic heterocycles. The Morgan fingerprint density at radius 1 is 0.553 bits per heavy atom. The summed E-state index contributed by atoms with van der Waals surface area (Å²) in [5.74, 6) is -0.627. The number of hydrogen-bond donors (Lipinski definition) is 1. The van der Waals surface area contributed by atoms with Crippen LogP contribution in [0.15, 0.2) is 0 Å². The predicted octanol–water partition coefficient (Wildman–Crippen LogP) is 10.8. The normalized spacial score (nSPS) is 13.4. The van der Waals surface area contributed by atoms with Gasteiger partial charge >= 0.3 is 11.9 Å². The van der Waals surface area contributed by atoms with Crippen LogP contribution in [0.4, 0.5) is 0 Å². The lowest BCUT2D eigenvalue weighted by Gasteiger charge is -2.25. The first-order valence-corrected chi connectivity index (χ1v) is 21.5. The molecule has 0 rings (SSSR count). The molecule has 0 spiro atoms. The van der Waals surface area contributed by atoms with E-state index in [0.29, 0.717) is 6.42 Å². The highest BCUT2D eigenvalue weighted by Gasteiger charge is 2.21. The Kier molecular flexibility index (Phi) is 34.8. The molecule has 0 aromatic rings. The van der Waals surface area contributed by atoms with Gasteiger partial charge in [-0.1, -0.05) is 168 Å². The van der Waals surface area contributed by atoms with Gasteiger partial charge in [0.15, 0.2) is 6.10 Å². The van der Waals surface area contributed by atoms with Crippen LogP contribution >= 0.6 is 20.5 Å². The summed E-state index contributed by atoms with van der Waals surface area (Å²) in [5.41, 5.74) is 0. The molecule has 47 heavy (non-hydrogen) atoms. The lowest BCUT2D eigenvalue weighted by molar-refractivity contribution is -0.227. The van der Waals surface area contributed by atoms with Crippen molar-refractivity contribution in [1.82, 2.24) is 0 Å². The van der Waals surface area contributed by atoms with Gasteiger partial charge in [-0.2, -0.15) is 12.6 Å². The molecule has 280 valence electrons. The van der Waals surface area contributed by atoms with Gasteiger partial charge in [-0.05, 0) is 12.8 Å². The minimum absolute atomic E-state index is 0.124. The summed E-state index contributed by atoms with van der Waals surface area (Å²) in [6.07, 6.45) is 31.1. The van der Waals surface area contributed by atoms with E-state index in [1.54, 1.807) is 0 Å². The molecule has 0 radical (unpaired) electrons. The Morgan fingerprint density at radius 2 is 0.915 bits per heavy atom. The highest BCUT2D eigenvalue weighted by Crippen LogP contribution is 2.38. The molecule has 2 unspecified atom stereocenters. The molecule has 8 nitrogen and oxygen atoms in total. The molecule has 0 heterocycles. The molecule has 0 amide bonds. The summed E-state index contributed by atoms with van der Waals surface area (Å²) in [4.78, 5) is 36.8. The molecule has 2 atom stereocenters. The van der Waals surface area contributed by atoms with Crippen molar-refractivity contribution in [3.8, 4) is 0 Å². The quantitative estimate of drug-likeness (QED) is 0.0294. The van der Waals surface area contributed by atoms with Crippen molar-refractivity contribution < 1.29 is 37.6 Å². The number of hydrogen-bond acceptors (Lipinski definition) is 9. The monoisotopic (exact) mass is 707 g/mol. The molecule has 0 aliphatic carbocycles. The third kappa shape index (κ3) is 35.0. The van der Waals surface area contributed by atoms with Crippen molar-refractivity contribution in [2.24, 2.45) is 0 Å². The second-order valence-electron chi connectivity index (χ2n) is 13.1. The Labute approximate surface area is 294 Å². The van der Waals surface area contributed by atoms with Gasteiger partial charge < -0.3 is 23.4 Å². The average Bonchev–Trinajstić information content (AvgIpc) is 3.05. The number of phosphoric acid groups is 1. The van der Waals surface area contributed by atoms with E-state index in [2.05, 4.69) is 26.5 Å². The molecule has 0 aromatic carbocycles. The summed E-state index contributed by atoms with van der Waals surface area (Å²) in [6, 6.07) is 0. The van der Waals surface area contributed by atoms with Crippen molar-refractivity contribution in [2.45, 2.75) is 200 Å². The van der Waals surface area contributed by atoms with Crippen LogP contribution in [0.2, 0.25) is 0 Å². The van der Waals surface area contributed by atoms with Crippen LogP contribution in [0.3, 0.4) is 0 Å². The first kappa shape index (κ1) is 46.4. The average molecular weight is 708 g/mol. The maximum absolute atomic E-state index is 12.5. The summed E-state index contributed by atoms with van der Waals surface area (Å²) in [7, 11) is -4.58. The molecule has 10 heteroatoms. The molecular formula is C37H72O8PS-. The van der Waals surface area contributed by atoms with E-state index < -0.39 is 26.5 Å². The number of thiol groups is 1. The Bertz CT molecular complexity index is 754. The number of phosphoric ester groups is 1. The minimum Gasteiger partial charge on any atom is -0.756 e. The number of unbranched alkanes of at least 4 members (excludes halogenated alkanes) is 24. The van der Waals surface area contributed by atoms with Crippen LogP contribution in [-0.2, 0) is 32.7 Å². The summed E-state index contributed by atoms with van der Waals surface area (Å²) >= 11 is 3.94. The van der Waals surface area contributed by atoms with Gasteiger partial charge in [-0.3, -0.25) is 14.2 Å². The van der Waals surface area contributed by atoms with Crippen LogP contribution in [0.25, 0.3) is 0 Å². The minimum atomic E-state index is -4.58. The topological polar surface area (TPSA) is 111 Å². The van der Waals surface area contributed by atoms with Crippen LogP contribution in [0, 0.1) is 0 Å². The van der Waals surface area contributed by atoms with E-state index >= 15 is 0 Å². The van der Waals surface area contributed by atoms with Gasteiger partial charge in [-0.15, -0.1) is 0 Å². The third-order valence-electron chi connectivity index (χ3n) is 8.46. The van der Waals surface area contributed by atoms with Crippen molar-refractivity contribution in [1.29, 1.82) is 0 Å². The molecule has 0 saturated heterocycles. The van der Waals surface area contributed by atoms with Gasteiger partial charge in [-0.25, -0.2) is 0 Å². The number of carbonyl (C=O) groups excluding carboxylic acids is 2. The first-order valence-electron chi connectivity index (χ1n) is 19.4. The van der Waals surface area contributed by atoms with Crippen LogP contribution in [-0.4, -0.2) is 43.6 Å². The maximum Gasteiger partial charge on any atom is 0.306 e. The first-order chi connectivity index (χ1) is 22.8. The lowest BCUT2D eigenvalue weighted by atomic mass is 10.0. The lowest BCUT2D eigenvalue weighted by Crippen LogP contribution is -2.30. The van der Waals surface area contributed by atoms with Crippen LogP contribution < -0.4 is 4.89 Å². The zero-order valence-electron chi connectivity index (χ0n) is 30.4. The van der Waals surface area contributed by atoms with E-state index in [4.69, 9.17) is 18.5 Å². The molecular weight excluding hydrogens is 635 g/mol. The van der Waals surface area contributed by atoms with Crippen molar-refractivity contribution in [3.05, 3.63) is 0 Å². The standard InChI is InChI=1S/C37H73O8PS/c1-3-5-7-9-11-13-15-17-19-21-23-25-27-29-36(38)42-33-35(34-44-46(40,41)43-31-32-47)45-37(39)30-28-26-24-22-20-18-16-14-12-10-8-6-4-2/h35,47H,3-34H2,1-2H3,(H,40,41)/p-1. The Hall–Kier alpha value is -0.600. The number of esters is 2. The fourth-order valence-electron chi connectivity index (χ4n) is 5.56. The summed E-state index contributed by atoms with van der Waals surface area (Å²) < 4.78 is 32.4. The molecule has 0 bridgehead atoms. The van der Waals surface area contributed by atoms with Gasteiger partial charge in [0.25, 0.3) is 7.82 Å². The van der Waals surface area contributed by atoms with Crippen LogP contribution in [0.1, 0.15) is 194 Å². The predicted molar refractivity (Wildman–Crippen MR) is 195 cm³/mol. The highest BCUT2D eigenvalue weighted by atomic mass is 32.1. The Balaban J connectivity index is 4.18. The third-order valence-corrected chi connectivity index (χ3v) is 9.60. The van der Waals surface area contributed by atoms with E-state index in [0.717, 1.165) is 32.1 Å². The van der Waals surface area contributed by atoms with Crippen molar-refractivity contribution in [2.75, 3.05) is 25.6 Å². The van der Waals surface area contributed by atoms with E-state index in [9.17, 15) is 19.0 Å². The fraction of sp³-hybridized carbons (Fsp3) is 0.946. The molecule has 0 aliphatic heterocycles. The van der Waals surface area contributed by atoms with Gasteiger partial charge in [0, 0.05) is 18.6 Å². The molecule has 0 N–H and O–H groups in total. The van der Waals surface area contributed by atoms with Gasteiger partial charge in [0.05, 0.1) is 13.2 Å². The van der Waals surface area contributed by atoms with Gasteiger partial charge in [0.2, 0.25) is 0 Å². The van der Waals surface area contributed by atoms with Crippen molar-refractivity contribution in [3.63, 3.8) is 0 Å². The summed E-state index contributed by atoms with van der Waals surface area (Å²) in [5, 5.41) is 0. The maximum atomic E-state index is 12.5. The molecule has 0 aliphatic rings. The highest BCUT2D eigenvalue weighted by molar-refractivity contribution is 7.80. The van der Waals surface area contributed by atoms with E-state index in [1.807, 2.05) is 0 Å². The van der Waals surface area contributed by atoms with Gasteiger partial charge in [0.1, 0.15) is 6.61 Å². The number of ether oxygens (including phenoxy) is 2. The number of carbonyl (C=O) groups is 2. The smallest absolute Gasteiger partial charge is 0.306 e. The second-order valence-corrected chi connectivity index (χ2v) is 14.9. The van der Waals surface area contributed by atoms with Crippen LogP contribution in [0.5, 0.6) is 0 Å². The fourth-order valence-corrected chi connectivity index (χ4v) is 6.53. The van der Waals surface area contributed by atoms with E-state index in [-0.39, 0.29) is 37.8 Å². The second kappa shape index (κ2) is 35.2. The zero-order valence-corrected chi connectivity index (χ0v) is 32.2. The largest absolute Gasteiger partial charge is 0.756 e. The number of rotatable bonds is 37. The van der Waals surface area contributed by atoms with E-state index in [1.165, 1.54) is 128 Å². The Morgan fingerprint density at radius 3 is 1.30 bits per heavy atom. The zero-order chi connectivity index (χ0) is 34.7.